The standard InChI is InChI=1S/C21H31N5O2/c1-6-23(4)21(28)19-18(24(5)15-27)17(14-22)20(25-11-8-7-9-12-25)26(19)13-10-16(2)3/h10,15H,6-9,11-13H2,1-5H3. The van der Waals surface area contributed by atoms with Crippen LogP contribution in [-0.2, 0) is 11.3 Å². The predicted molar refractivity (Wildman–Crippen MR) is 112 cm³/mol. The van der Waals surface area contributed by atoms with Crippen molar-refractivity contribution < 1.29 is 9.59 Å². The molecule has 0 aliphatic carbocycles. The number of nitriles is 1. The number of amides is 2. The van der Waals surface area contributed by atoms with Crippen LogP contribution in [0.25, 0.3) is 0 Å². The zero-order valence-electron chi connectivity index (χ0n) is 17.7. The second-order valence-electron chi connectivity index (χ2n) is 7.48. The molecule has 1 aromatic rings. The van der Waals surface area contributed by atoms with Crippen molar-refractivity contribution in [3.63, 3.8) is 0 Å². The summed E-state index contributed by atoms with van der Waals surface area (Å²) in [6.07, 6.45) is 5.97. The smallest absolute Gasteiger partial charge is 0.272 e. The fourth-order valence-electron chi connectivity index (χ4n) is 3.52. The van der Waals surface area contributed by atoms with E-state index in [0.717, 1.165) is 37.3 Å². The van der Waals surface area contributed by atoms with Gasteiger partial charge in [-0.3, -0.25) is 9.59 Å². The number of carbonyl (C=O) groups excluding carboxylic acids is 2. The Kier molecular flexibility index (Phi) is 7.27. The van der Waals surface area contributed by atoms with Crippen molar-refractivity contribution in [2.45, 2.75) is 46.6 Å². The summed E-state index contributed by atoms with van der Waals surface area (Å²) in [5, 5.41) is 9.99. The van der Waals surface area contributed by atoms with Crippen molar-refractivity contribution in [1.82, 2.24) is 9.47 Å². The van der Waals surface area contributed by atoms with Gasteiger partial charge in [-0.25, -0.2) is 0 Å². The maximum absolute atomic E-state index is 13.3. The molecular formula is C21H31N5O2. The largest absolute Gasteiger partial charge is 0.357 e. The van der Waals surface area contributed by atoms with Crippen molar-refractivity contribution in [3.8, 4) is 6.07 Å². The molecule has 1 aliphatic heterocycles. The monoisotopic (exact) mass is 385 g/mol. The minimum Gasteiger partial charge on any atom is -0.357 e. The first kappa shape index (κ1) is 21.5. The summed E-state index contributed by atoms with van der Waals surface area (Å²) in [5.74, 6) is 0.560. The highest BCUT2D eigenvalue weighted by Crippen LogP contribution is 2.38. The van der Waals surface area contributed by atoms with Crippen molar-refractivity contribution >= 4 is 23.8 Å². The predicted octanol–water partition coefficient (Wildman–Crippen LogP) is 3.00. The number of anilines is 2. The first-order chi connectivity index (χ1) is 13.4. The summed E-state index contributed by atoms with van der Waals surface area (Å²) in [7, 11) is 3.33. The molecule has 1 fully saturated rings. The minimum absolute atomic E-state index is 0.187. The zero-order chi connectivity index (χ0) is 20.8. The van der Waals surface area contributed by atoms with Crippen LogP contribution in [-0.4, -0.2) is 55.5 Å². The highest BCUT2D eigenvalue weighted by Gasteiger charge is 2.33. The van der Waals surface area contributed by atoms with Crippen LogP contribution in [0.4, 0.5) is 11.5 Å². The van der Waals surface area contributed by atoms with E-state index in [2.05, 4.69) is 11.0 Å². The van der Waals surface area contributed by atoms with Gasteiger partial charge in [-0.1, -0.05) is 11.6 Å². The normalized spacial score (nSPS) is 13.6. The van der Waals surface area contributed by atoms with E-state index in [-0.39, 0.29) is 5.91 Å². The molecule has 0 radical (unpaired) electrons. The van der Waals surface area contributed by atoms with Crippen LogP contribution < -0.4 is 9.80 Å². The lowest BCUT2D eigenvalue weighted by molar-refractivity contribution is -0.107. The molecule has 0 unspecified atom stereocenters. The van der Waals surface area contributed by atoms with E-state index >= 15 is 0 Å². The highest BCUT2D eigenvalue weighted by molar-refractivity contribution is 6.04. The summed E-state index contributed by atoms with van der Waals surface area (Å²) in [6.45, 7) is 8.62. The molecule has 0 atom stereocenters. The van der Waals surface area contributed by atoms with Crippen LogP contribution in [0, 0.1) is 11.3 Å². The molecule has 0 spiro atoms. The molecule has 0 saturated carbocycles. The van der Waals surface area contributed by atoms with Gasteiger partial charge in [-0.2, -0.15) is 5.26 Å². The van der Waals surface area contributed by atoms with Gasteiger partial charge in [-0.15, -0.1) is 0 Å². The highest BCUT2D eigenvalue weighted by atomic mass is 16.2. The molecule has 1 aliphatic rings. The van der Waals surface area contributed by atoms with Gasteiger partial charge in [0.1, 0.15) is 23.1 Å². The average Bonchev–Trinajstić information content (AvgIpc) is 3.05. The fraction of sp³-hybridized carbons (Fsp3) is 0.571. The van der Waals surface area contributed by atoms with E-state index in [4.69, 9.17) is 0 Å². The molecule has 7 nitrogen and oxygen atoms in total. The Hall–Kier alpha value is -2.75. The summed E-state index contributed by atoms with van der Waals surface area (Å²) < 4.78 is 1.92. The second-order valence-corrected chi connectivity index (χ2v) is 7.48. The zero-order valence-corrected chi connectivity index (χ0v) is 17.7. The number of nitrogens with zero attached hydrogens (tertiary/aromatic N) is 5. The van der Waals surface area contributed by atoms with Gasteiger partial charge >= 0.3 is 0 Å². The molecule has 1 saturated heterocycles. The van der Waals surface area contributed by atoms with Crippen molar-refractivity contribution in [1.29, 1.82) is 5.26 Å². The SMILES string of the molecule is CCN(C)C(=O)c1c(N(C)C=O)c(C#N)c(N2CCCCC2)n1CC=C(C)C. The third-order valence-corrected chi connectivity index (χ3v) is 5.19. The van der Waals surface area contributed by atoms with E-state index in [0.29, 0.717) is 36.4 Å². The van der Waals surface area contributed by atoms with Gasteiger partial charge in [0.25, 0.3) is 5.91 Å². The molecular weight excluding hydrogens is 354 g/mol. The molecule has 28 heavy (non-hydrogen) atoms. The number of piperidine rings is 1. The van der Waals surface area contributed by atoms with Gasteiger partial charge in [-0.05, 0) is 40.0 Å². The molecule has 152 valence electrons. The molecule has 2 rings (SSSR count). The van der Waals surface area contributed by atoms with E-state index < -0.39 is 0 Å². The van der Waals surface area contributed by atoms with Crippen LogP contribution in [0.15, 0.2) is 11.6 Å². The number of rotatable bonds is 7. The molecule has 2 amide bonds. The number of allylic oxidation sites excluding steroid dienone is 2. The summed E-state index contributed by atoms with van der Waals surface area (Å²) >= 11 is 0. The molecule has 0 bridgehead atoms. The van der Waals surface area contributed by atoms with E-state index in [1.165, 1.54) is 11.3 Å². The van der Waals surface area contributed by atoms with E-state index in [1.54, 1.807) is 19.0 Å². The van der Waals surface area contributed by atoms with Crippen molar-refractivity contribution in [2.75, 3.05) is 43.5 Å². The quantitative estimate of drug-likeness (QED) is 0.534. The maximum Gasteiger partial charge on any atom is 0.272 e. The Balaban J connectivity index is 2.82. The Morgan fingerprint density at radius 1 is 1.21 bits per heavy atom. The first-order valence-electron chi connectivity index (χ1n) is 9.85. The molecule has 1 aromatic heterocycles. The van der Waals surface area contributed by atoms with Gasteiger partial charge in [0.15, 0.2) is 0 Å². The second kappa shape index (κ2) is 9.45. The molecule has 7 heteroatoms. The molecule has 0 aromatic carbocycles. The average molecular weight is 386 g/mol. The Labute approximate surface area is 167 Å². The van der Waals surface area contributed by atoms with Crippen LogP contribution in [0.5, 0.6) is 0 Å². The molecule has 2 heterocycles. The lowest BCUT2D eigenvalue weighted by atomic mass is 10.1. The molecule has 0 N–H and O–H groups in total. The number of hydrogen-bond acceptors (Lipinski definition) is 4. The third-order valence-electron chi connectivity index (χ3n) is 5.19. The summed E-state index contributed by atoms with van der Waals surface area (Å²) in [5.41, 5.74) is 2.31. The lowest BCUT2D eigenvalue weighted by Gasteiger charge is -2.30. The van der Waals surface area contributed by atoms with Crippen LogP contribution in [0.1, 0.15) is 56.1 Å². The third kappa shape index (κ3) is 4.22. The van der Waals surface area contributed by atoms with E-state index in [1.807, 2.05) is 31.4 Å². The van der Waals surface area contributed by atoms with Gasteiger partial charge < -0.3 is 19.3 Å². The van der Waals surface area contributed by atoms with Crippen molar-refractivity contribution in [2.24, 2.45) is 0 Å². The van der Waals surface area contributed by atoms with Crippen LogP contribution in [0.2, 0.25) is 0 Å². The van der Waals surface area contributed by atoms with E-state index in [9.17, 15) is 14.9 Å². The van der Waals surface area contributed by atoms with Crippen LogP contribution in [0.3, 0.4) is 0 Å². The first-order valence-corrected chi connectivity index (χ1v) is 9.85. The van der Waals surface area contributed by atoms with Gasteiger partial charge in [0.05, 0.1) is 5.69 Å². The summed E-state index contributed by atoms with van der Waals surface area (Å²) in [4.78, 5) is 30.0. The Bertz CT molecular complexity index is 793. The van der Waals surface area contributed by atoms with Gasteiger partial charge in [0, 0.05) is 40.3 Å². The lowest BCUT2D eigenvalue weighted by Crippen LogP contribution is -2.33. The maximum atomic E-state index is 13.3. The number of aromatic nitrogens is 1. The number of hydrogen-bond donors (Lipinski definition) is 0. The minimum atomic E-state index is -0.187. The fourth-order valence-corrected chi connectivity index (χ4v) is 3.52. The topological polar surface area (TPSA) is 72.6 Å². The van der Waals surface area contributed by atoms with Crippen LogP contribution >= 0.6 is 0 Å². The van der Waals surface area contributed by atoms with Crippen molar-refractivity contribution in [3.05, 3.63) is 22.9 Å². The Morgan fingerprint density at radius 3 is 2.36 bits per heavy atom. The Morgan fingerprint density at radius 2 is 1.86 bits per heavy atom. The van der Waals surface area contributed by atoms with Gasteiger partial charge in [0.2, 0.25) is 6.41 Å². The number of carbonyl (C=O) groups is 2. The summed E-state index contributed by atoms with van der Waals surface area (Å²) in [6, 6.07) is 2.28.